The molecule has 0 saturated carbocycles. The summed E-state index contributed by atoms with van der Waals surface area (Å²) in [6.07, 6.45) is 2.26. The largest absolute Gasteiger partial charge is 0.497 e. The molecule has 1 atom stereocenters. The van der Waals surface area contributed by atoms with Gasteiger partial charge in [0.15, 0.2) is 6.29 Å². The van der Waals surface area contributed by atoms with E-state index in [0.29, 0.717) is 23.7 Å². The average Bonchev–Trinajstić information content (AvgIpc) is 2.74. The molecule has 1 unspecified atom stereocenters. The first kappa shape index (κ1) is 20.7. The minimum absolute atomic E-state index is 0.0136. The smallest absolute Gasteiger partial charge is 0.336 e. The van der Waals surface area contributed by atoms with Crippen molar-refractivity contribution in [2.45, 2.75) is 38.6 Å². The summed E-state index contributed by atoms with van der Waals surface area (Å²) in [7, 11) is 1.58. The molecule has 1 aliphatic rings. The third-order valence-electron chi connectivity index (χ3n) is 4.61. The highest BCUT2D eigenvalue weighted by molar-refractivity contribution is 5.91. The number of ether oxygens (including phenoxy) is 4. The number of esters is 1. The molecule has 7 nitrogen and oxygen atoms in total. The Hall–Kier alpha value is -3.06. The number of rotatable bonds is 8. The topological polar surface area (TPSA) is 91.3 Å². The summed E-state index contributed by atoms with van der Waals surface area (Å²) in [5.74, 6) is -0.512. The predicted molar refractivity (Wildman–Crippen MR) is 104 cm³/mol. The van der Waals surface area contributed by atoms with E-state index in [1.807, 2.05) is 0 Å². The van der Waals surface area contributed by atoms with Crippen molar-refractivity contribution in [1.82, 2.24) is 0 Å². The van der Waals surface area contributed by atoms with Gasteiger partial charge in [0.2, 0.25) is 0 Å². The van der Waals surface area contributed by atoms with Gasteiger partial charge in [0.25, 0.3) is 0 Å². The van der Waals surface area contributed by atoms with Crippen molar-refractivity contribution in [2.24, 2.45) is 0 Å². The van der Waals surface area contributed by atoms with Crippen LogP contribution in [0.5, 0.6) is 11.5 Å². The fourth-order valence-corrected chi connectivity index (χ4v) is 3.03. The van der Waals surface area contributed by atoms with Gasteiger partial charge in [0.05, 0.1) is 25.7 Å². The molecular weight excluding hydrogens is 376 g/mol. The molecule has 3 rings (SSSR count). The van der Waals surface area contributed by atoms with Gasteiger partial charge in [-0.05, 0) is 48.2 Å². The van der Waals surface area contributed by atoms with Crippen molar-refractivity contribution in [3.63, 3.8) is 0 Å². The first-order valence-electron chi connectivity index (χ1n) is 9.48. The van der Waals surface area contributed by atoms with Crippen LogP contribution < -0.4 is 9.47 Å². The molecule has 29 heavy (non-hydrogen) atoms. The second kappa shape index (κ2) is 9.93. The van der Waals surface area contributed by atoms with E-state index in [1.165, 1.54) is 6.07 Å². The zero-order valence-corrected chi connectivity index (χ0v) is 16.3. The highest BCUT2D eigenvalue weighted by atomic mass is 16.7. The Balaban J connectivity index is 1.60. The van der Waals surface area contributed by atoms with E-state index in [1.54, 1.807) is 43.5 Å². The third kappa shape index (κ3) is 5.96. The summed E-state index contributed by atoms with van der Waals surface area (Å²) in [6, 6.07) is 11.8. The van der Waals surface area contributed by atoms with Gasteiger partial charge < -0.3 is 24.1 Å². The standard InChI is InChI=1S/C22H24O7/c1-26-17-8-5-15(6-9-17)14-28-20(23)12-16-7-10-18(13-19(16)22(24)25)29-21-4-2-3-11-27-21/h5-10,13,21H,2-4,11-12,14H2,1H3,(H,24,25). The molecule has 1 heterocycles. The number of hydrogen-bond acceptors (Lipinski definition) is 6. The highest BCUT2D eigenvalue weighted by Gasteiger charge is 2.19. The first-order valence-corrected chi connectivity index (χ1v) is 9.48. The van der Waals surface area contributed by atoms with Crippen molar-refractivity contribution in [1.29, 1.82) is 0 Å². The van der Waals surface area contributed by atoms with Gasteiger partial charge in [-0.1, -0.05) is 18.2 Å². The molecule has 2 aromatic rings. The van der Waals surface area contributed by atoms with Gasteiger partial charge in [0, 0.05) is 6.42 Å². The minimum Gasteiger partial charge on any atom is -0.497 e. The van der Waals surface area contributed by atoms with Crippen LogP contribution >= 0.6 is 0 Å². The Labute approximate surface area is 169 Å². The Morgan fingerprint density at radius 1 is 1.10 bits per heavy atom. The van der Waals surface area contributed by atoms with Gasteiger partial charge in [-0.2, -0.15) is 0 Å². The van der Waals surface area contributed by atoms with Crippen molar-refractivity contribution in [3.05, 3.63) is 59.2 Å². The van der Waals surface area contributed by atoms with Crippen molar-refractivity contribution in [2.75, 3.05) is 13.7 Å². The quantitative estimate of drug-likeness (QED) is 0.677. The van der Waals surface area contributed by atoms with Gasteiger partial charge in [-0.15, -0.1) is 0 Å². The third-order valence-corrected chi connectivity index (χ3v) is 4.61. The number of benzene rings is 2. The summed E-state index contributed by atoms with van der Waals surface area (Å²) in [4.78, 5) is 23.8. The molecular formula is C22H24O7. The van der Waals surface area contributed by atoms with E-state index in [2.05, 4.69) is 0 Å². The predicted octanol–water partition coefficient (Wildman–Crippen LogP) is 3.58. The summed E-state index contributed by atoms with van der Waals surface area (Å²) in [5, 5.41) is 9.52. The Morgan fingerprint density at radius 2 is 1.86 bits per heavy atom. The molecule has 0 aliphatic carbocycles. The van der Waals surface area contributed by atoms with E-state index >= 15 is 0 Å². The van der Waals surface area contributed by atoms with Crippen molar-refractivity contribution >= 4 is 11.9 Å². The number of aromatic carboxylic acids is 1. The molecule has 154 valence electrons. The van der Waals surface area contributed by atoms with E-state index < -0.39 is 11.9 Å². The van der Waals surface area contributed by atoms with E-state index in [0.717, 1.165) is 24.8 Å². The number of carboxylic acid groups (broad SMARTS) is 1. The maximum atomic E-state index is 12.2. The lowest BCUT2D eigenvalue weighted by Crippen LogP contribution is -2.25. The van der Waals surface area contributed by atoms with Crippen LogP contribution in [0, 0.1) is 0 Å². The van der Waals surface area contributed by atoms with Crippen LogP contribution in [0.3, 0.4) is 0 Å². The summed E-state index contributed by atoms with van der Waals surface area (Å²) < 4.78 is 21.6. The lowest BCUT2D eigenvalue weighted by atomic mass is 10.0. The number of carboxylic acids is 1. The average molecular weight is 400 g/mol. The molecule has 0 spiro atoms. The summed E-state index contributed by atoms with van der Waals surface area (Å²) in [6.45, 7) is 0.736. The zero-order valence-electron chi connectivity index (χ0n) is 16.3. The normalized spacial score (nSPS) is 16.1. The fourth-order valence-electron chi connectivity index (χ4n) is 3.03. The van der Waals surface area contributed by atoms with Gasteiger partial charge in [-0.25, -0.2) is 4.79 Å². The van der Waals surface area contributed by atoms with Crippen molar-refractivity contribution < 1.29 is 33.6 Å². The van der Waals surface area contributed by atoms with E-state index in [9.17, 15) is 14.7 Å². The second-order valence-electron chi connectivity index (χ2n) is 6.72. The van der Waals surface area contributed by atoms with Crippen LogP contribution in [-0.4, -0.2) is 37.1 Å². The lowest BCUT2D eigenvalue weighted by Gasteiger charge is -2.23. The molecule has 7 heteroatoms. The highest BCUT2D eigenvalue weighted by Crippen LogP contribution is 2.23. The van der Waals surface area contributed by atoms with Crippen LogP contribution in [0.15, 0.2) is 42.5 Å². The maximum Gasteiger partial charge on any atom is 0.336 e. The zero-order chi connectivity index (χ0) is 20.6. The number of hydrogen-bond donors (Lipinski definition) is 1. The maximum absolute atomic E-state index is 12.2. The molecule has 1 N–H and O–H groups in total. The Morgan fingerprint density at radius 3 is 2.52 bits per heavy atom. The number of carbonyl (C=O) groups is 2. The molecule has 2 aromatic carbocycles. The van der Waals surface area contributed by atoms with Crippen LogP contribution in [-0.2, 0) is 27.3 Å². The molecule has 1 fully saturated rings. The first-order chi connectivity index (χ1) is 14.0. The summed E-state index contributed by atoms with van der Waals surface area (Å²) >= 11 is 0. The molecule has 1 aliphatic heterocycles. The SMILES string of the molecule is COc1ccc(COC(=O)Cc2ccc(OC3CCCCO3)cc2C(=O)O)cc1. The van der Waals surface area contributed by atoms with Gasteiger partial charge >= 0.3 is 11.9 Å². The molecule has 0 aromatic heterocycles. The number of carbonyl (C=O) groups excluding carboxylic acids is 1. The number of methoxy groups -OCH3 is 1. The molecule has 1 saturated heterocycles. The Bertz CT molecular complexity index is 839. The Kier molecular flexibility index (Phi) is 7.08. The monoisotopic (exact) mass is 400 g/mol. The van der Waals surface area contributed by atoms with Crippen LogP contribution in [0.2, 0.25) is 0 Å². The summed E-state index contributed by atoms with van der Waals surface area (Å²) in [5.41, 5.74) is 1.20. The fraction of sp³-hybridized carbons (Fsp3) is 0.364. The lowest BCUT2D eigenvalue weighted by molar-refractivity contribution is -0.144. The van der Waals surface area contributed by atoms with Crippen LogP contribution in [0.25, 0.3) is 0 Å². The minimum atomic E-state index is -1.13. The van der Waals surface area contributed by atoms with Crippen LogP contribution in [0.4, 0.5) is 0 Å². The molecule has 0 amide bonds. The van der Waals surface area contributed by atoms with Crippen LogP contribution in [0.1, 0.15) is 40.7 Å². The van der Waals surface area contributed by atoms with Gasteiger partial charge in [0.1, 0.15) is 18.1 Å². The van der Waals surface area contributed by atoms with Crippen molar-refractivity contribution in [3.8, 4) is 11.5 Å². The van der Waals surface area contributed by atoms with E-state index in [4.69, 9.17) is 18.9 Å². The van der Waals surface area contributed by atoms with E-state index in [-0.39, 0.29) is 24.9 Å². The second-order valence-corrected chi connectivity index (χ2v) is 6.72. The molecule has 0 bridgehead atoms. The van der Waals surface area contributed by atoms with Gasteiger partial charge in [-0.3, -0.25) is 4.79 Å². The molecule has 0 radical (unpaired) electrons.